The Morgan fingerprint density at radius 1 is 1.11 bits per heavy atom. The zero-order chi connectivity index (χ0) is 20.1. The molecule has 0 unspecified atom stereocenters. The number of morpholine rings is 1. The highest BCUT2D eigenvalue weighted by atomic mass is 16.5. The average Bonchev–Trinajstić information content (AvgIpc) is 2.69. The summed E-state index contributed by atoms with van der Waals surface area (Å²) < 4.78 is 5.47. The molecule has 0 bridgehead atoms. The Balaban J connectivity index is 2.02. The van der Waals surface area contributed by atoms with Crippen LogP contribution in [0.25, 0.3) is 17.2 Å². The molecule has 0 aromatic heterocycles. The van der Waals surface area contributed by atoms with E-state index in [1.807, 2.05) is 24.3 Å². The summed E-state index contributed by atoms with van der Waals surface area (Å²) in [7, 11) is 0. The predicted molar refractivity (Wildman–Crippen MR) is 111 cm³/mol. The van der Waals surface area contributed by atoms with Crippen molar-refractivity contribution in [3.8, 4) is 16.9 Å². The van der Waals surface area contributed by atoms with Crippen LogP contribution in [0.2, 0.25) is 0 Å². The molecule has 1 heterocycles. The van der Waals surface area contributed by atoms with Crippen molar-refractivity contribution in [2.45, 2.75) is 6.92 Å². The third-order valence-electron chi connectivity index (χ3n) is 4.52. The predicted octanol–water partition coefficient (Wildman–Crippen LogP) is 2.10. The number of phenols is 1. The second-order valence-corrected chi connectivity index (χ2v) is 6.59. The number of carbonyl (C=O) groups is 1. The third-order valence-corrected chi connectivity index (χ3v) is 4.52. The summed E-state index contributed by atoms with van der Waals surface area (Å²) in [6.45, 7) is 4.52. The van der Waals surface area contributed by atoms with Gasteiger partial charge in [-0.15, -0.1) is 0 Å². The number of aromatic hydroxyl groups is 1. The van der Waals surface area contributed by atoms with E-state index in [2.05, 4.69) is 16.0 Å². The molecule has 1 saturated heterocycles. The van der Waals surface area contributed by atoms with Gasteiger partial charge in [0.1, 0.15) is 5.75 Å². The number of nitrogens with zero attached hydrogens (tertiary/aromatic N) is 2. The molecule has 1 aliphatic heterocycles. The Morgan fingerprint density at radius 2 is 1.75 bits per heavy atom. The first-order valence-electron chi connectivity index (χ1n) is 9.02. The van der Waals surface area contributed by atoms with Crippen LogP contribution in [0.3, 0.4) is 0 Å². The second-order valence-electron chi connectivity index (χ2n) is 6.59. The van der Waals surface area contributed by atoms with Crippen LogP contribution in [0.15, 0.2) is 53.0 Å². The summed E-state index contributed by atoms with van der Waals surface area (Å²) >= 11 is 0. The minimum Gasteiger partial charge on any atom is -0.508 e. The van der Waals surface area contributed by atoms with Gasteiger partial charge in [-0.25, -0.2) is 0 Å². The van der Waals surface area contributed by atoms with E-state index in [1.54, 1.807) is 25.1 Å². The van der Waals surface area contributed by atoms with E-state index in [0.29, 0.717) is 18.8 Å². The topological polar surface area (TPSA) is 114 Å². The summed E-state index contributed by atoms with van der Waals surface area (Å²) in [5.41, 5.74) is 15.0. The molecule has 1 aliphatic rings. The quantitative estimate of drug-likeness (QED) is 0.425. The zero-order valence-corrected chi connectivity index (χ0v) is 15.8. The van der Waals surface area contributed by atoms with Crippen molar-refractivity contribution in [2.75, 3.05) is 31.2 Å². The van der Waals surface area contributed by atoms with Crippen LogP contribution in [0.5, 0.6) is 5.75 Å². The van der Waals surface area contributed by atoms with Crippen LogP contribution >= 0.6 is 0 Å². The number of ether oxygens (including phenoxy) is 1. The molecule has 5 N–H and O–H groups in total. The lowest BCUT2D eigenvalue weighted by molar-refractivity contribution is -0.114. The molecule has 0 spiro atoms. The fourth-order valence-corrected chi connectivity index (χ4v) is 3.08. The van der Waals surface area contributed by atoms with Gasteiger partial charge in [-0.3, -0.25) is 4.79 Å². The van der Waals surface area contributed by atoms with E-state index in [4.69, 9.17) is 16.2 Å². The molecular formula is C21H24N4O3. The standard InChI is InChI=1S/C21H24N4O3/c1-14(20(27)24-21(22)23)12-17-3-2-16(15-4-6-18(26)7-5-15)13-19(17)25-8-10-28-11-9-25/h2-7,12-13,26H,8-11H2,1H3,(H4,22,23,24,27). The zero-order valence-electron chi connectivity index (χ0n) is 15.8. The van der Waals surface area contributed by atoms with E-state index in [0.717, 1.165) is 35.5 Å². The lowest BCUT2D eigenvalue weighted by Crippen LogP contribution is -2.36. The molecule has 1 amide bonds. The highest BCUT2D eigenvalue weighted by molar-refractivity contribution is 6.04. The lowest BCUT2D eigenvalue weighted by atomic mass is 10.00. The van der Waals surface area contributed by atoms with Crippen LogP contribution in [0, 0.1) is 0 Å². The summed E-state index contributed by atoms with van der Waals surface area (Å²) in [6.07, 6.45) is 1.79. The number of benzene rings is 2. The summed E-state index contributed by atoms with van der Waals surface area (Å²) in [5.74, 6) is -0.491. The first-order chi connectivity index (χ1) is 13.4. The molecule has 2 aromatic rings. The Labute approximate surface area is 163 Å². The molecule has 146 valence electrons. The minimum absolute atomic E-state index is 0.227. The Bertz CT molecular complexity index is 910. The van der Waals surface area contributed by atoms with Gasteiger partial charge >= 0.3 is 0 Å². The Kier molecular flexibility index (Phi) is 5.96. The van der Waals surface area contributed by atoms with Gasteiger partial charge in [-0.2, -0.15) is 4.99 Å². The van der Waals surface area contributed by atoms with Crippen molar-refractivity contribution < 1.29 is 14.6 Å². The van der Waals surface area contributed by atoms with Crippen molar-refractivity contribution in [3.63, 3.8) is 0 Å². The molecule has 0 radical (unpaired) electrons. The summed E-state index contributed by atoms with van der Waals surface area (Å²) in [5, 5.41) is 9.53. The SMILES string of the molecule is CC(=Cc1ccc(-c2ccc(O)cc2)cc1N1CCOCC1)C(=O)N=C(N)N. The van der Waals surface area contributed by atoms with Crippen LogP contribution in [-0.4, -0.2) is 43.3 Å². The van der Waals surface area contributed by atoms with Gasteiger partial charge in [0, 0.05) is 24.4 Å². The van der Waals surface area contributed by atoms with Gasteiger partial charge in [-0.1, -0.05) is 24.3 Å². The lowest BCUT2D eigenvalue weighted by Gasteiger charge is -2.30. The molecular weight excluding hydrogens is 356 g/mol. The van der Waals surface area contributed by atoms with Crippen molar-refractivity contribution in [1.82, 2.24) is 0 Å². The van der Waals surface area contributed by atoms with Gasteiger partial charge in [0.25, 0.3) is 5.91 Å². The highest BCUT2D eigenvalue weighted by Crippen LogP contribution is 2.31. The van der Waals surface area contributed by atoms with Crippen molar-refractivity contribution in [1.29, 1.82) is 0 Å². The maximum Gasteiger partial charge on any atom is 0.275 e. The molecule has 7 nitrogen and oxygen atoms in total. The number of amides is 1. The molecule has 2 aromatic carbocycles. The maximum absolute atomic E-state index is 12.1. The van der Waals surface area contributed by atoms with E-state index in [9.17, 15) is 9.90 Å². The number of carbonyl (C=O) groups excluding carboxylic acids is 1. The number of anilines is 1. The average molecular weight is 380 g/mol. The molecule has 3 rings (SSSR count). The van der Waals surface area contributed by atoms with E-state index >= 15 is 0 Å². The maximum atomic E-state index is 12.1. The first-order valence-corrected chi connectivity index (χ1v) is 9.02. The molecule has 0 saturated carbocycles. The van der Waals surface area contributed by atoms with Crippen LogP contribution < -0.4 is 16.4 Å². The summed E-state index contributed by atoms with van der Waals surface area (Å²) in [6, 6.07) is 13.1. The third kappa shape index (κ3) is 4.69. The normalized spacial score (nSPS) is 14.6. The second kappa shape index (κ2) is 8.58. The number of nitrogens with two attached hydrogens (primary N) is 2. The smallest absolute Gasteiger partial charge is 0.275 e. The van der Waals surface area contributed by atoms with Crippen LogP contribution in [-0.2, 0) is 9.53 Å². The highest BCUT2D eigenvalue weighted by Gasteiger charge is 2.16. The molecule has 0 atom stereocenters. The van der Waals surface area contributed by atoms with E-state index < -0.39 is 5.91 Å². The number of hydrogen-bond acceptors (Lipinski definition) is 4. The first kappa shape index (κ1) is 19.4. The fraction of sp³-hybridized carbons (Fsp3) is 0.238. The monoisotopic (exact) mass is 380 g/mol. The van der Waals surface area contributed by atoms with Gasteiger partial charge in [0.15, 0.2) is 5.96 Å². The molecule has 0 aliphatic carbocycles. The van der Waals surface area contributed by atoms with E-state index in [1.165, 1.54) is 0 Å². The van der Waals surface area contributed by atoms with Gasteiger partial charge in [0.2, 0.25) is 0 Å². The number of hydrogen-bond donors (Lipinski definition) is 3. The molecule has 7 heteroatoms. The van der Waals surface area contributed by atoms with Crippen molar-refractivity contribution in [2.24, 2.45) is 16.5 Å². The number of aliphatic imine (C=N–C) groups is 1. The van der Waals surface area contributed by atoms with Crippen LogP contribution in [0.1, 0.15) is 12.5 Å². The molecule has 28 heavy (non-hydrogen) atoms. The van der Waals surface area contributed by atoms with Crippen molar-refractivity contribution >= 4 is 23.6 Å². The summed E-state index contributed by atoms with van der Waals surface area (Å²) in [4.78, 5) is 17.9. The van der Waals surface area contributed by atoms with Crippen molar-refractivity contribution in [3.05, 3.63) is 53.6 Å². The largest absolute Gasteiger partial charge is 0.508 e. The minimum atomic E-state index is -0.462. The van der Waals surface area contributed by atoms with Gasteiger partial charge < -0.3 is 26.2 Å². The number of rotatable bonds is 4. The van der Waals surface area contributed by atoms with E-state index in [-0.39, 0.29) is 11.7 Å². The number of guanidine groups is 1. The van der Waals surface area contributed by atoms with Crippen LogP contribution in [0.4, 0.5) is 5.69 Å². The Hall–Kier alpha value is -3.32. The number of phenolic OH excluding ortho intramolecular Hbond substituents is 1. The fourth-order valence-electron chi connectivity index (χ4n) is 3.08. The Morgan fingerprint density at radius 3 is 2.39 bits per heavy atom. The van der Waals surface area contributed by atoms with Gasteiger partial charge in [-0.05, 0) is 47.9 Å². The van der Waals surface area contributed by atoms with Gasteiger partial charge in [0.05, 0.1) is 13.2 Å². The molecule has 1 fully saturated rings.